The maximum atomic E-state index is 14.4. The zero-order chi connectivity index (χ0) is 24.8. The summed E-state index contributed by atoms with van der Waals surface area (Å²) in [6.45, 7) is 3.76. The van der Waals surface area contributed by atoms with Crippen LogP contribution in [0.3, 0.4) is 0 Å². The van der Waals surface area contributed by atoms with Gasteiger partial charge in [0.05, 0.1) is 22.2 Å². The summed E-state index contributed by atoms with van der Waals surface area (Å²) >= 11 is 0. The third-order valence-corrected chi connectivity index (χ3v) is 7.72. The number of hydrogen-bond acceptors (Lipinski definition) is 4. The average molecular weight is 478 g/mol. The zero-order valence-electron chi connectivity index (χ0n) is 19.4. The van der Waals surface area contributed by atoms with Crippen LogP contribution in [0, 0.1) is 11.6 Å². The number of aryl methyl sites for hydroxylation is 2. The van der Waals surface area contributed by atoms with Crippen LogP contribution in [0.4, 0.5) is 8.78 Å². The fraction of sp³-hybridized carbons (Fsp3) is 0.333. The molecular formula is C27H24F2N2O4. The minimum absolute atomic E-state index is 0.0950. The SMILES string of the molecule is C[C@H]1CCc2cc(F)cc3c(O)c(Cc4c(O)c5cc(F)cc6c5n(c4=O)[C@@H](C)CC6)c(=O)n1c23. The van der Waals surface area contributed by atoms with Crippen LogP contribution in [0.25, 0.3) is 21.8 Å². The first kappa shape index (κ1) is 21.8. The van der Waals surface area contributed by atoms with Crippen LogP contribution in [0.5, 0.6) is 11.5 Å². The number of nitrogens with zero attached hydrogens (tertiary/aromatic N) is 2. The summed E-state index contributed by atoms with van der Waals surface area (Å²) in [5, 5.41) is 22.6. The van der Waals surface area contributed by atoms with E-state index in [4.69, 9.17) is 0 Å². The van der Waals surface area contributed by atoms with Crippen molar-refractivity contribution in [3.8, 4) is 11.5 Å². The van der Waals surface area contributed by atoms with E-state index in [0.717, 1.165) is 0 Å². The fourth-order valence-electron chi connectivity index (χ4n) is 5.97. The Morgan fingerprint density at radius 1 is 0.771 bits per heavy atom. The second-order valence-corrected chi connectivity index (χ2v) is 9.88. The highest BCUT2D eigenvalue weighted by molar-refractivity contribution is 5.91. The van der Waals surface area contributed by atoms with Gasteiger partial charge in [-0.25, -0.2) is 8.78 Å². The number of halogens is 2. The maximum Gasteiger partial charge on any atom is 0.258 e. The largest absolute Gasteiger partial charge is 0.507 e. The zero-order valence-corrected chi connectivity index (χ0v) is 19.4. The van der Waals surface area contributed by atoms with Crippen LogP contribution in [-0.2, 0) is 19.3 Å². The summed E-state index contributed by atoms with van der Waals surface area (Å²) in [6, 6.07) is 4.75. The molecule has 2 N–H and O–H groups in total. The van der Waals surface area contributed by atoms with E-state index in [1.165, 1.54) is 24.3 Å². The van der Waals surface area contributed by atoms with Gasteiger partial charge in [0.15, 0.2) is 0 Å². The summed E-state index contributed by atoms with van der Waals surface area (Å²) in [5.41, 5.74) is 1.11. The molecule has 2 atom stereocenters. The predicted molar refractivity (Wildman–Crippen MR) is 129 cm³/mol. The molecule has 0 bridgehead atoms. The van der Waals surface area contributed by atoms with Crippen molar-refractivity contribution in [2.24, 2.45) is 0 Å². The molecule has 2 aromatic heterocycles. The molecule has 0 radical (unpaired) electrons. The highest BCUT2D eigenvalue weighted by Crippen LogP contribution is 2.39. The first-order valence-electron chi connectivity index (χ1n) is 11.8. The summed E-state index contributed by atoms with van der Waals surface area (Å²) in [7, 11) is 0. The van der Waals surface area contributed by atoms with E-state index in [9.17, 15) is 28.6 Å². The molecule has 0 fully saturated rings. The Hall–Kier alpha value is -3.68. The third-order valence-electron chi connectivity index (χ3n) is 7.72. The Morgan fingerprint density at radius 3 is 1.57 bits per heavy atom. The van der Waals surface area contributed by atoms with Crippen molar-refractivity contribution in [1.29, 1.82) is 0 Å². The lowest BCUT2D eigenvalue weighted by Crippen LogP contribution is -2.33. The van der Waals surface area contributed by atoms with Gasteiger partial charge in [-0.2, -0.15) is 0 Å². The number of benzene rings is 2. The minimum atomic E-state index is -0.525. The van der Waals surface area contributed by atoms with Gasteiger partial charge in [-0.1, -0.05) is 0 Å². The minimum Gasteiger partial charge on any atom is -0.507 e. The van der Waals surface area contributed by atoms with Crippen molar-refractivity contribution >= 4 is 21.8 Å². The summed E-state index contributed by atoms with van der Waals surface area (Å²) < 4.78 is 31.8. The normalized spacial score (nSPS) is 19.0. The molecule has 8 heteroatoms. The molecule has 0 unspecified atom stereocenters. The standard InChI is InChI=1S/C27H24F2N2O4/c1-12-3-5-14-7-16(28)9-18-22(14)30(12)26(34)20(24(18)32)11-21-25(33)19-10-17(29)8-15-6-4-13(2)31(23(15)19)27(21)35/h7-10,12-13,32-33H,3-6,11H2,1-2H3/t12-,13-/m0/s1. The van der Waals surface area contributed by atoms with Crippen LogP contribution in [0.2, 0.25) is 0 Å². The van der Waals surface area contributed by atoms with E-state index in [0.29, 0.717) is 47.8 Å². The van der Waals surface area contributed by atoms with Gasteiger partial charge in [-0.15, -0.1) is 0 Å². The maximum absolute atomic E-state index is 14.4. The molecule has 0 amide bonds. The smallest absolute Gasteiger partial charge is 0.258 e. The molecule has 0 aliphatic carbocycles. The van der Waals surface area contributed by atoms with Crippen LogP contribution < -0.4 is 11.1 Å². The van der Waals surface area contributed by atoms with Gasteiger partial charge < -0.3 is 19.3 Å². The summed E-state index contributed by atoms with van der Waals surface area (Å²) in [5.74, 6) is -1.85. The Bertz CT molecular complexity index is 1580. The quantitative estimate of drug-likeness (QED) is 0.441. The monoisotopic (exact) mass is 478 g/mol. The molecule has 6 nitrogen and oxygen atoms in total. The van der Waals surface area contributed by atoms with Gasteiger partial charge in [0.1, 0.15) is 23.1 Å². The molecule has 2 aliphatic heterocycles. The molecule has 0 spiro atoms. The van der Waals surface area contributed by atoms with Crippen LogP contribution in [-0.4, -0.2) is 19.3 Å². The molecule has 4 aromatic rings. The number of pyridine rings is 2. The van der Waals surface area contributed by atoms with E-state index in [1.807, 2.05) is 13.8 Å². The highest BCUT2D eigenvalue weighted by atomic mass is 19.1. The van der Waals surface area contributed by atoms with E-state index in [1.54, 1.807) is 9.13 Å². The second kappa shape index (κ2) is 7.41. The Kier molecular flexibility index (Phi) is 4.62. The topological polar surface area (TPSA) is 84.5 Å². The van der Waals surface area contributed by atoms with E-state index in [2.05, 4.69) is 0 Å². The molecular weight excluding hydrogens is 454 g/mol. The fourth-order valence-corrected chi connectivity index (χ4v) is 5.97. The number of aromatic nitrogens is 2. The third kappa shape index (κ3) is 2.98. The molecule has 35 heavy (non-hydrogen) atoms. The van der Waals surface area contributed by atoms with E-state index >= 15 is 0 Å². The predicted octanol–water partition coefficient (Wildman–Crippen LogP) is 4.61. The average Bonchev–Trinajstić information content (AvgIpc) is 2.81. The van der Waals surface area contributed by atoms with E-state index < -0.39 is 34.3 Å². The first-order chi connectivity index (χ1) is 16.7. The lowest BCUT2D eigenvalue weighted by Gasteiger charge is -2.28. The van der Waals surface area contributed by atoms with Crippen LogP contribution >= 0.6 is 0 Å². The van der Waals surface area contributed by atoms with Crippen LogP contribution in [0.1, 0.15) is 61.0 Å². The Labute approximate surface area is 198 Å². The summed E-state index contributed by atoms with van der Waals surface area (Å²) in [6.07, 6.45) is 2.05. The first-order valence-corrected chi connectivity index (χ1v) is 11.8. The van der Waals surface area contributed by atoms with Crippen LogP contribution in [0.15, 0.2) is 33.9 Å². The van der Waals surface area contributed by atoms with Crippen molar-refractivity contribution in [1.82, 2.24) is 9.13 Å². The number of rotatable bonds is 2. The van der Waals surface area contributed by atoms with Gasteiger partial charge in [-0.3, -0.25) is 9.59 Å². The van der Waals surface area contributed by atoms with Crippen molar-refractivity contribution in [2.45, 2.75) is 58.0 Å². The Morgan fingerprint density at radius 2 is 1.17 bits per heavy atom. The molecule has 2 aliphatic rings. The number of aromatic hydroxyl groups is 2. The Balaban J connectivity index is 1.67. The molecule has 6 rings (SSSR count). The van der Waals surface area contributed by atoms with Gasteiger partial charge in [0.25, 0.3) is 11.1 Å². The highest BCUT2D eigenvalue weighted by Gasteiger charge is 2.29. The molecule has 180 valence electrons. The lowest BCUT2D eigenvalue weighted by molar-refractivity contribution is 0.447. The molecule has 0 saturated carbocycles. The number of hydrogen-bond donors (Lipinski definition) is 2. The van der Waals surface area contributed by atoms with Crippen molar-refractivity contribution in [2.75, 3.05) is 0 Å². The van der Waals surface area contributed by atoms with Crippen molar-refractivity contribution in [3.63, 3.8) is 0 Å². The second-order valence-electron chi connectivity index (χ2n) is 9.88. The van der Waals surface area contributed by atoms with Gasteiger partial charge in [0.2, 0.25) is 0 Å². The molecule has 4 heterocycles. The summed E-state index contributed by atoms with van der Waals surface area (Å²) in [4.78, 5) is 27.2. The van der Waals surface area contributed by atoms with E-state index in [-0.39, 0.29) is 40.4 Å². The van der Waals surface area contributed by atoms with Crippen molar-refractivity contribution < 1.29 is 19.0 Å². The van der Waals surface area contributed by atoms with Gasteiger partial charge in [-0.05, 0) is 74.9 Å². The van der Waals surface area contributed by atoms with Gasteiger partial charge in [0, 0.05) is 29.3 Å². The van der Waals surface area contributed by atoms with Gasteiger partial charge >= 0.3 is 0 Å². The van der Waals surface area contributed by atoms with Crippen molar-refractivity contribution in [3.05, 3.63) is 78.9 Å². The molecule has 0 saturated heterocycles. The lowest BCUT2D eigenvalue weighted by atomic mass is 9.92. The molecule has 2 aromatic carbocycles.